The van der Waals surface area contributed by atoms with Crippen LogP contribution in [-0.4, -0.2) is 34.6 Å². The highest BCUT2D eigenvalue weighted by Gasteiger charge is 2.24. The van der Waals surface area contributed by atoms with Crippen LogP contribution in [0.15, 0.2) is 0 Å². The molecule has 2 unspecified atom stereocenters. The monoisotopic (exact) mass is 253 g/mol. The summed E-state index contributed by atoms with van der Waals surface area (Å²) in [7, 11) is 3.55. The van der Waals surface area contributed by atoms with E-state index in [0.717, 1.165) is 49.5 Å². The van der Waals surface area contributed by atoms with Crippen LogP contribution in [0.4, 0.5) is 0 Å². The van der Waals surface area contributed by atoms with Crippen molar-refractivity contribution in [2.24, 2.45) is 13.0 Å². The van der Waals surface area contributed by atoms with Crippen LogP contribution >= 0.6 is 0 Å². The van der Waals surface area contributed by atoms with Gasteiger partial charge in [0.15, 0.2) is 0 Å². The van der Waals surface area contributed by atoms with Gasteiger partial charge in [-0.25, -0.2) is 4.68 Å². The number of aryl methyl sites for hydroxylation is 2. The van der Waals surface area contributed by atoms with E-state index in [1.54, 1.807) is 11.8 Å². The van der Waals surface area contributed by atoms with Crippen molar-refractivity contribution in [1.82, 2.24) is 15.1 Å². The van der Waals surface area contributed by atoms with Crippen LogP contribution in [0.3, 0.4) is 0 Å². The molecule has 2 rings (SSSR count). The van der Waals surface area contributed by atoms with Gasteiger partial charge in [-0.3, -0.25) is 0 Å². The van der Waals surface area contributed by atoms with Crippen molar-refractivity contribution in [3.63, 3.8) is 0 Å². The van der Waals surface area contributed by atoms with Crippen LogP contribution in [-0.2, 0) is 13.6 Å². The van der Waals surface area contributed by atoms with Crippen LogP contribution < -0.4 is 10.1 Å². The molecule has 2 N–H and O–H groups in total. The maximum Gasteiger partial charge on any atom is 0.216 e. The van der Waals surface area contributed by atoms with Crippen molar-refractivity contribution in [2.75, 3.05) is 13.7 Å². The molecule has 5 heteroatoms. The lowest BCUT2D eigenvalue weighted by molar-refractivity contribution is 0.131. The Morgan fingerprint density at radius 2 is 2.28 bits per heavy atom. The third-order valence-corrected chi connectivity index (χ3v) is 3.81. The Labute approximate surface area is 108 Å². The van der Waals surface area contributed by atoms with Crippen LogP contribution in [0.1, 0.15) is 30.5 Å². The molecule has 1 saturated carbocycles. The van der Waals surface area contributed by atoms with Crippen molar-refractivity contribution < 1.29 is 9.84 Å². The normalized spacial score (nSPS) is 23.6. The SMILES string of the molecule is COc1c(CNCC2CCCC2O)c(C)nn1C. The van der Waals surface area contributed by atoms with Gasteiger partial charge in [0.1, 0.15) is 0 Å². The zero-order chi connectivity index (χ0) is 13.1. The average molecular weight is 253 g/mol. The van der Waals surface area contributed by atoms with E-state index in [4.69, 9.17) is 4.74 Å². The van der Waals surface area contributed by atoms with Gasteiger partial charge in [-0.05, 0) is 25.7 Å². The van der Waals surface area contributed by atoms with Crippen LogP contribution in [0, 0.1) is 12.8 Å². The third-order valence-electron chi connectivity index (χ3n) is 3.81. The predicted octanol–water partition coefficient (Wildman–Crippen LogP) is 0.988. The number of ether oxygens (including phenoxy) is 1. The molecule has 1 aromatic heterocycles. The molecule has 1 fully saturated rings. The molecule has 0 radical (unpaired) electrons. The summed E-state index contributed by atoms with van der Waals surface area (Å²) in [6, 6.07) is 0. The summed E-state index contributed by atoms with van der Waals surface area (Å²) in [6.07, 6.45) is 3.08. The smallest absolute Gasteiger partial charge is 0.216 e. The largest absolute Gasteiger partial charge is 0.481 e. The highest BCUT2D eigenvalue weighted by atomic mass is 16.5. The molecule has 0 bridgehead atoms. The maximum atomic E-state index is 9.76. The van der Waals surface area contributed by atoms with Gasteiger partial charge in [-0.15, -0.1) is 0 Å². The minimum absolute atomic E-state index is 0.130. The van der Waals surface area contributed by atoms with E-state index in [1.165, 1.54) is 0 Å². The molecule has 1 aliphatic rings. The van der Waals surface area contributed by atoms with E-state index in [-0.39, 0.29) is 6.10 Å². The summed E-state index contributed by atoms with van der Waals surface area (Å²) >= 11 is 0. The molecular weight excluding hydrogens is 230 g/mol. The molecule has 1 heterocycles. The van der Waals surface area contributed by atoms with Crippen LogP contribution in [0.2, 0.25) is 0 Å². The summed E-state index contributed by atoms with van der Waals surface area (Å²) in [5.74, 6) is 1.21. The molecule has 0 spiro atoms. The molecule has 1 aliphatic carbocycles. The minimum Gasteiger partial charge on any atom is -0.481 e. The molecule has 0 aromatic carbocycles. The Morgan fingerprint density at radius 3 is 2.89 bits per heavy atom. The van der Waals surface area contributed by atoms with Crippen LogP contribution in [0.5, 0.6) is 5.88 Å². The fourth-order valence-corrected chi connectivity index (χ4v) is 2.78. The molecule has 102 valence electrons. The minimum atomic E-state index is -0.130. The van der Waals surface area contributed by atoms with Gasteiger partial charge >= 0.3 is 0 Å². The molecule has 2 atom stereocenters. The fourth-order valence-electron chi connectivity index (χ4n) is 2.78. The second-order valence-electron chi connectivity index (χ2n) is 5.09. The van der Waals surface area contributed by atoms with Crippen molar-refractivity contribution in [3.8, 4) is 5.88 Å². The molecule has 0 aliphatic heterocycles. The lowest BCUT2D eigenvalue weighted by Crippen LogP contribution is -2.27. The van der Waals surface area contributed by atoms with E-state index in [1.807, 2.05) is 14.0 Å². The fraction of sp³-hybridized carbons (Fsp3) is 0.769. The highest BCUT2D eigenvalue weighted by Crippen LogP contribution is 2.25. The third kappa shape index (κ3) is 2.67. The zero-order valence-corrected chi connectivity index (χ0v) is 11.4. The van der Waals surface area contributed by atoms with Crippen LogP contribution in [0.25, 0.3) is 0 Å². The number of aliphatic hydroxyl groups is 1. The second-order valence-corrected chi connectivity index (χ2v) is 5.09. The molecule has 18 heavy (non-hydrogen) atoms. The lowest BCUT2D eigenvalue weighted by atomic mass is 10.1. The maximum absolute atomic E-state index is 9.76. The van der Waals surface area contributed by atoms with Crippen molar-refractivity contribution in [2.45, 2.75) is 38.8 Å². The van der Waals surface area contributed by atoms with E-state index in [2.05, 4.69) is 10.4 Å². The summed E-state index contributed by atoms with van der Waals surface area (Å²) in [5, 5.41) is 17.5. The number of aromatic nitrogens is 2. The van der Waals surface area contributed by atoms with E-state index >= 15 is 0 Å². The topological polar surface area (TPSA) is 59.3 Å². The molecule has 1 aromatic rings. The number of nitrogens with one attached hydrogen (secondary N) is 1. The summed E-state index contributed by atoms with van der Waals surface area (Å²) in [6.45, 7) is 3.59. The number of hydrogen-bond acceptors (Lipinski definition) is 4. The Morgan fingerprint density at radius 1 is 1.50 bits per heavy atom. The first-order valence-electron chi connectivity index (χ1n) is 6.58. The summed E-state index contributed by atoms with van der Waals surface area (Å²) < 4.78 is 7.11. The van der Waals surface area contributed by atoms with Gasteiger partial charge in [-0.1, -0.05) is 6.42 Å². The first kappa shape index (κ1) is 13.4. The van der Waals surface area contributed by atoms with Crippen molar-refractivity contribution in [1.29, 1.82) is 0 Å². The quantitative estimate of drug-likeness (QED) is 0.821. The molecule has 0 saturated heterocycles. The number of rotatable bonds is 5. The van der Waals surface area contributed by atoms with Crippen molar-refractivity contribution in [3.05, 3.63) is 11.3 Å². The Hall–Kier alpha value is -1.07. The van der Waals surface area contributed by atoms with Gasteiger partial charge in [-0.2, -0.15) is 5.10 Å². The number of methoxy groups -OCH3 is 1. The van der Waals surface area contributed by atoms with Gasteiger partial charge in [0.05, 0.1) is 24.5 Å². The zero-order valence-electron chi connectivity index (χ0n) is 11.4. The van der Waals surface area contributed by atoms with E-state index < -0.39 is 0 Å². The van der Waals surface area contributed by atoms with E-state index in [9.17, 15) is 5.11 Å². The lowest BCUT2D eigenvalue weighted by Gasteiger charge is -2.15. The van der Waals surface area contributed by atoms with Gasteiger partial charge in [0.25, 0.3) is 0 Å². The Kier molecular flexibility index (Phi) is 4.24. The number of aliphatic hydroxyl groups excluding tert-OH is 1. The number of nitrogens with zero attached hydrogens (tertiary/aromatic N) is 2. The number of hydrogen-bond donors (Lipinski definition) is 2. The summed E-state index contributed by atoms with van der Waals surface area (Å²) in [5.41, 5.74) is 2.10. The Balaban J connectivity index is 1.90. The van der Waals surface area contributed by atoms with Gasteiger partial charge < -0.3 is 15.2 Å². The first-order chi connectivity index (χ1) is 8.63. The predicted molar refractivity (Wildman–Crippen MR) is 69.6 cm³/mol. The molecule has 5 nitrogen and oxygen atoms in total. The molecule has 0 amide bonds. The second kappa shape index (κ2) is 5.71. The van der Waals surface area contributed by atoms with Crippen molar-refractivity contribution >= 4 is 0 Å². The first-order valence-corrected chi connectivity index (χ1v) is 6.58. The molecular formula is C13H23N3O2. The van der Waals surface area contributed by atoms with E-state index in [0.29, 0.717) is 5.92 Å². The van der Waals surface area contributed by atoms with Gasteiger partial charge in [0, 0.05) is 20.1 Å². The standard InChI is InChI=1S/C13H23N3O2/c1-9-11(13(18-3)16(2)15-9)8-14-7-10-5-4-6-12(10)17/h10,12,14,17H,4-8H2,1-3H3. The van der Waals surface area contributed by atoms with Gasteiger partial charge in [0.2, 0.25) is 5.88 Å². The summed E-state index contributed by atoms with van der Waals surface area (Å²) in [4.78, 5) is 0. The average Bonchev–Trinajstić information content (AvgIpc) is 2.84. The highest BCUT2D eigenvalue weighted by molar-refractivity contribution is 5.30. The Bertz CT molecular complexity index is 403.